The van der Waals surface area contributed by atoms with Crippen molar-refractivity contribution in [1.29, 1.82) is 0 Å². The molecule has 2 heterocycles. The number of nitrogens with zero attached hydrogens (tertiary/aromatic N) is 2. The van der Waals surface area contributed by atoms with Crippen molar-refractivity contribution < 1.29 is 4.79 Å². The summed E-state index contributed by atoms with van der Waals surface area (Å²) in [7, 11) is 0. The van der Waals surface area contributed by atoms with E-state index in [2.05, 4.69) is 82.6 Å². The maximum absolute atomic E-state index is 12.9. The average molecular weight is 441 g/mol. The van der Waals surface area contributed by atoms with Crippen LogP contribution in [0.25, 0.3) is 11.1 Å². The monoisotopic (exact) mass is 440 g/mol. The maximum Gasteiger partial charge on any atom is 0.234 e. The molecule has 1 unspecified atom stereocenters. The molecular formula is C28H28N2OS. The number of hydrogen-bond acceptors (Lipinski definition) is 3. The standard InChI is InChI=1S/C28H28N2OS/c31-27-19-32-28(22-10-11-26-23(17-22)16-21-8-4-5-9-25(21)26)30(27)24-12-14-29(15-13-24)18-20-6-2-1-3-7-20/h1-11,17,24,28H,12-16,18-19H2. The summed E-state index contributed by atoms with van der Waals surface area (Å²) in [6.07, 6.45) is 3.13. The molecular weight excluding hydrogens is 412 g/mol. The first-order chi connectivity index (χ1) is 15.8. The summed E-state index contributed by atoms with van der Waals surface area (Å²) in [5.41, 5.74) is 8.21. The smallest absolute Gasteiger partial charge is 0.234 e. The van der Waals surface area contributed by atoms with Crippen LogP contribution in [0.15, 0.2) is 72.8 Å². The normalized spacial score (nSPS) is 21.1. The number of hydrogen-bond donors (Lipinski definition) is 0. The van der Waals surface area contributed by atoms with Gasteiger partial charge in [-0.15, -0.1) is 11.8 Å². The number of likely N-dealkylation sites (tertiary alicyclic amines) is 1. The molecule has 0 N–H and O–H groups in total. The van der Waals surface area contributed by atoms with Gasteiger partial charge >= 0.3 is 0 Å². The zero-order chi connectivity index (χ0) is 21.5. The summed E-state index contributed by atoms with van der Waals surface area (Å²) in [6, 6.07) is 26.7. The zero-order valence-corrected chi connectivity index (χ0v) is 19.1. The Hall–Kier alpha value is -2.56. The topological polar surface area (TPSA) is 23.6 Å². The molecule has 0 aromatic heterocycles. The van der Waals surface area contributed by atoms with Crippen molar-refractivity contribution in [3.8, 4) is 11.1 Å². The van der Waals surface area contributed by atoms with E-state index in [1.807, 2.05) is 0 Å². The number of carbonyl (C=O) groups excluding carboxylic acids is 1. The van der Waals surface area contributed by atoms with Gasteiger partial charge in [-0.3, -0.25) is 9.69 Å². The van der Waals surface area contributed by atoms with E-state index in [9.17, 15) is 4.79 Å². The molecule has 1 atom stereocenters. The minimum absolute atomic E-state index is 0.155. The first-order valence-electron chi connectivity index (χ1n) is 11.7. The molecule has 2 fully saturated rings. The van der Waals surface area contributed by atoms with Gasteiger partial charge in [0.2, 0.25) is 5.91 Å². The lowest BCUT2D eigenvalue weighted by atomic mass is 9.99. The predicted molar refractivity (Wildman–Crippen MR) is 131 cm³/mol. The molecule has 3 aromatic carbocycles. The number of benzene rings is 3. The van der Waals surface area contributed by atoms with E-state index in [1.165, 1.54) is 33.4 Å². The zero-order valence-electron chi connectivity index (χ0n) is 18.2. The summed E-state index contributed by atoms with van der Waals surface area (Å²) in [5.74, 6) is 0.914. The number of thioether (sulfide) groups is 1. The molecule has 2 aliphatic heterocycles. The van der Waals surface area contributed by atoms with Crippen LogP contribution in [0, 0.1) is 0 Å². The highest BCUT2D eigenvalue weighted by atomic mass is 32.2. The van der Waals surface area contributed by atoms with Crippen LogP contribution in [0.2, 0.25) is 0 Å². The number of rotatable bonds is 4. The molecule has 3 aliphatic rings. The molecule has 2 saturated heterocycles. The Bertz CT molecular complexity index is 1140. The van der Waals surface area contributed by atoms with E-state index in [0.717, 1.165) is 38.9 Å². The Labute approximate surface area is 194 Å². The van der Waals surface area contributed by atoms with Crippen LogP contribution in [0.1, 0.15) is 40.5 Å². The predicted octanol–water partition coefficient (Wildman–Crippen LogP) is 5.50. The Morgan fingerprint density at radius 1 is 0.844 bits per heavy atom. The third kappa shape index (κ3) is 3.66. The Kier molecular flexibility index (Phi) is 5.28. The minimum Gasteiger partial charge on any atom is -0.323 e. The maximum atomic E-state index is 12.9. The molecule has 6 rings (SSSR count). The van der Waals surface area contributed by atoms with Crippen LogP contribution in [0.5, 0.6) is 0 Å². The molecule has 32 heavy (non-hydrogen) atoms. The Morgan fingerprint density at radius 3 is 2.44 bits per heavy atom. The van der Waals surface area contributed by atoms with Crippen LogP contribution in [0.4, 0.5) is 0 Å². The van der Waals surface area contributed by atoms with E-state index >= 15 is 0 Å². The van der Waals surface area contributed by atoms with E-state index in [4.69, 9.17) is 0 Å². The third-order valence-electron chi connectivity index (χ3n) is 7.21. The minimum atomic E-state index is 0.155. The molecule has 3 aromatic rings. The summed E-state index contributed by atoms with van der Waals surface area (Å²) >= 11 is 1.80. The number of carbonyl (C=O) groups is 1. The molecule has 1 amide bonds. The summed E-state index contributed by atoms with van der Waals surface area (Å²) in [4.78, 5) is 17.7. The fraction of sp³-hybridized carbons (Fsp3) is 0.321. The van der Waals surface area contributed by atoms with Gasteiger partial charge in [-0.1, -0.05) is 72.8 Å². The quantitative estimate of drug-likeness (QED) is 0.419. The first-order valence-corrected chi connectivity index (χ1v) is 12.7. The molecule has 4 heteroatoms. The van der Waals surface area contributed by atoms with Crippen molar-refractivity contribution in [2.45, 2.75) is 37.2 Å². The SMILES string of the molecule is O=C1CSC(c2ccc3c(c2)Cc2ccccc2-3)N1C1CCN(Cc2ccccc2)CC1. The second kappa shape index (κ2) is 8.42. The number of fused-ring (bicyclic) bond motifs is 3. The van der Waals surface area contributed by atoms with Crippen LogP contribution in [0.3, 0.4) is 0 Å². The largest absolute Gasteiger partial charge is 0.323 e. The van der Waals surface area contributed by atoms with Crippen LogP contribution in [-0.2, 0) is 17.8 Å². The fourth-order valence-electron chi connectivity index (χ4n) is 5.60. The second-order valence-corrected chi connectivity index (χ2v) is 10.3. The molecule has 0 spiro atoms. The van der Waals surface area contributed by atoms with Crippen molar-refractivity contribution >= 4 is 17.7 Å². The Morgan fingerprint density at radius 2 is 1.59 bits per heavy atom. The van der Waals surface area contributed by atoms with Gasteiger partial charge in [-0.2, -0.15) is 0 Å². The molecule has 0 radical (unpaired) electrons. The van der Waals surface area contributed by atoms with Gasteiger partial charge < -0.3 is 4.90 Å². The van der Waals surface area contributed by atoms with Gasteiger partial charge in [0, 0.05) is 25.7 Å². The molecule has 0 bridgehead atoms. The van der Waals surface area contributed by atoms with Gasteiger partial charge in [-0.25, -0.2) is 0 Å². The van der Waals surface area contributed by atoms with Crippen molar-refractivity contribution in [3.63, 3.8) is 0 Å². The number of piperidine rings is 1. The molecule has 162 valence electrons. The highest BCUT2D eigenvalue weighted by Crippen LogP contribution is 2.44. The van der Waals surface area contributed by atoms with Crippen molar-refractivity contribution in [2.24, 2.45) is 0 Å². The van der Waals surface area contributed by atoms with Crippen molar-refractivity contribution in [3.05, 3.63) is 95.1 Å². The second-order valence-electron chi connectivity index (χ2n) is 9.21. The Balaban J connectivity index is 1.17. The lowest BCUT2D eigenvalue weighted by Crippen LogP contribution is -2.46. The molecule has 3 nitrogen and oxygen atoms in total. The highest BCUT2D eigenvalue weighted by molar-refractivity contribution is 8.00. The highest BCUT2D eigenvalue weighted by Gasteiger charge is 2.39. The summed E-state index contributed by atoms with van der Waals surface area (Å²) < 4.78 is 0. The van der Waals surface area contributed by atoms with Gasteiger partial charge in [0.25, 0.3) is 0 Å². The summed E-state index contributed by atoms with van der Waals surface area (Å²) in [6.45, 7) is 3.12. The van der Waals surface area contributed by atoms with E-state index in [1.54, 1.807) is 11.8 Å². The fourth-order valence-corrected chi connectivity index (χ4v) is 6.84. The van der Waals surface area contributed by atoms with Gasteiger partial charge in [0.15, 0.2) is 0 Å². The van der Waals surface area contributed by atoms with Gasteiger partial charge in [0.1, 0.15) is 5.37 Å². The third-order valence-corrected chi connectivity index (χ3v) is 8.44. The van der Waals surface area contributed by atoms with Gasteiger partial charge in [-0.05, 0) is 52.6 Å². The van der Waals surface area contributed by atoms with Crippen molar-refractivity contribution in [2.75, 3.05) is 18.8 Å². The van der Waals surface area contributed by atoms with Crippen LogP contribution in [-0.4, -0.2) is 40.6 Å². The van der Waals surface area contributed by atoms with Crippen molar-refractivity contribution in [1.82, 2.24) is 9.80 Å². The first kappa shape index (κ1) is 20.1. The average Bonchev–Trinajstić information content (AvgIpc) is 3.40. The van der Waals surface area contributed by atoms with Crippen LogP contribution < -0.4 is 0 Å². The van der Waals surface area contributed by atoms with Crippen LogP contribution >= 0.6 is 11.8 Å². The van der Waals surface area contributed by atoms with E-state index < -0.39 is 0 Å². The lowest BCUT2D eigenvalue weighted by Gasteiger charge is -2.39. The van der Waals surface area contributed by atoms with Gasteiger partial charge in [0.05, 0.1) is 5.75 Å². The summed E-state index contributed by atoms with van der Waals surface area (Å²) in [5, 5.41) is 0.155. The number of amides is 1. The van der Waals surface area contributed by atoms with E-state index in [-0.39, 0.29) is 5.37 Å². The molecule has 1 aliphatic carbocycles. The van der Waals surface area contributed by atoms with E-state index in [0.29, 0.717) is 17.7 Å². The lowest BCUT2D eigenvalue weighted by molar-refractivity contribution is -0.131. The molecule has 0 saturated carbocycles.